The molecule has 0 bridgehead atoms. The largest absolute Gasteiger partial charge is 0.381 e. The summed E-state index contributed by atoms with van der Waals surface area (Å²) in [6.07, 6.45) is 2.79. The molecule has 1 saturated heterocycles. The Hall–Kier alpha value is -0.850. The van der Waals surface area contributed by atoms with Gasteiger partial charge in [-0.25, -0.2) is 0 Å². The third kappa shape index (κ3) is 10.1. The third-order valence-corrected chi connectivity index (χ3v) is 3.87. The summed E-state index contributed by atoms with van der Waals surface area (Å²) in [6, 6.07) is 0. The standard InChI is InChI=1S/C18H38N4O2/c1-15(2)14-23-11-7-9-21-18(19-5)20-8-6-10-22-12-16(3)24-17(4)13-22/h15-17H,6-14H2,1-5H3,(H2,19,20,21). The number of guanidine groups is 1. The zero-order valence-electron chi connectivity index (χ0n) is 16.3. The molecule has 0 spiro atoms. The van der Waals surface area contributed by atoms with Gasteiger partial charge in [0.25, 0.3) is 0 Å². The van der Waals surface area contributed by atoms with E-state index >= 15 is 0 Å². The lowest BCUT2D eigenvalue weighted by Crippen LogP contribution is -2.46. The fraction of sp³-hybridized carbons (Fsp3) is 0.944. The summed E-state index contributed by atoms with van der Waals surface area (Å²) in [7, 11) is 1.82. The van der Waals surface area contributed by atoms with Gasteiger partial charge in [-0.15, -0.1) is 0 Å². The number of aliphatic imine (C=N–C) groups is 1. The number of ether oxygens (including phenoxy) is 2. The van der Waals surface area contributed by atoms with Crippen molar-refractivity contribution in [3.05, 3.63) is 0 Å². The van der Waals surface area contributed by atoms with Gasteiger partial charge < -0.3 is 20.1 Å². The van der Waals surface area contributed by atoms with E-state index in [0.717, 1.165) is 64.7 Å². The monoisotopic (exact) mass is 342 g/mol. The molecule has 1 fully saturated rings. The van der Waals surface area contributed by atoms with Gasteiger partial charge in [-0.05, 0) is 32.6 Å². The molecule has 1 rings (SSSR count). The Morgan fingerprint density at radius 1 is 1.17 bits per heavy atom. The van der Waals surface area contributed by atoms with Crippen molar-refractivity contribution < 1.29 is 9.47 Å². The van der Waals surface area contributed by atoms with Crippen LogP contribution in [-0.4, -0.2) is 76.1 Å². The van der Waals surface area contributed by atoms with E-state index in [1.54, 1.807) is 0 Å². The second-order valence-corrected chi connectivity index (χ2v) is 7.12. The molecule has 0 aliphatic carbocycles. The normalized spacial score (nSPS) is 22.8. The average molecular weight is 343 g/mol. The van der Waals surface area contributed by atoms with Gasteiger partial charge in [-0.3, -0.25) is 9.89 Å². The first kappa shape index (κ1) is 21.2. The molecule has 142 valence electrons. The van der Waals surface area contributed by atoms with Gasteiger partial charge in [0.05, 0.1) is 12.2 Å². The van der Waals surface area contributed by atoms with Crippen LogP contribution in [0.3, 0.4) is 0 Å². The summed E-state index contributed by atoms with van der Waals surface area (Å²) in [5.41, 5.74) is 0. The highest BCUT2D eigenvalue weighted by Crippen LogP contribution is 2.10. The van der Waals surface area contributed by atoms with Crippen molar-refractivity contribution in [3.63, 3.8) is 0 Å². The first-order valence-electron chi connectivity index (χ1n) is 9.41. The molecule has 6 heteroatoms. The summed E-state index contributed by atoms with van der Waals surface area (Å²) in [4.78, 5) is 6.75. The first-order valence-corrected chi connectivity index (χ1v) is 9.41. The number of rotatable bonds is 10. The van der Waals surface area contributed by atoms with Crippen molar-refractivity contribution in [2.24, 2.45) is 10.9 Å². The van der Waals surface area contributed by atoms with Gasteiger partial charge in [0.1, 0.15) is 0 Å². The summed E-state index contributed by atoms with van der Waals surface area (Å²) < 4.78 is 11.3. The van der Waals surface area contributed by atoms with Gasteiger partial charge in [-0.1, -0.05) is 13.8 Å². The van der Waals surface area contributed by atoms with Crippen molar-refractivity contribution >= 4 is 5.96 Å². The predicted octanol–water partition coefficient (Wildman–Crippen LogP) is 1.71. The van der Waals surface area contributed by atoms with Crippen LogP contribution in [0, 0.1) is 5.92 Å². The van der Waals surface area contributed by atoms with Crippen molar-refractivity contribution in [3.8, 4) is 0 Å². The van der Waals surface area contributed by atoms with E-state index in [2.05, 4.69) is 48.2 Å². The van der Waals surface area contributed by atoms with Gasteiger partial charge in [0.2, 0.25) is 0 Å². The van der Waals surface area contributed by atoms with Crippen LogP contribution in [0.5, 0.6) is 0 Å². The van der Waals surface area contributed by atoms with Crippen LogP contribution < -0.4 is 10.6 Å². The van der Waals surface area contributed by atoms with E-state index in [0.29, 0.717) is 18.1 Å². The van der Waals surface area contributed by atoms with E-state index in [1.807, 2.05) is 7.05 Å². The van der Waals surface area contributed by atoms with Crippen LogP contribution in [-0.2, 0) is 9.47 Å². The zero-order valence-corrected chi connectivity index (χ0v) is 16.3. The summed E-state index contributed by atoms with van der Waals surface area (Å²) in [5, 5.41) is 6.72. The number of nitrogens with one attached hydrogen (secondary N) is 2. The highest BCUT2D eigenvalue weighted by atomic mass is 16.5. The molecular formula is C18H38N4O2. The Balaban J connectivity index is 2.03. The number of hydrogen-bond acceptors (Lipinski definition) is 4. The Morgan fingerprint density at radius 3 is 2.38 bits per heavy atom. The maximum absolute atomic E-state index is 5.77. The molecule has 0 aromatic heterocycles. The lowest BCUT2D eigenvalue weighted by atomic mass is 10.2. The Bertz CT molecular complexity index is 340. The lowest BCUT2D eigenvalue weighted by molar-refractivity contribution is -0.0679. The zero-order chi connectivity index (χ0) is 17.8. The Morgan fingerprint density at radius 2 is 1.79 bits per heavy atom. The number of hydrogen-bond donors (Lipinski definition) is 2. The maximum Gasteiger partial charge on any atom is 0.190 e. The molecule has 0 amide bonds. The predicted molar refractivity (Wildman–Crippen MR) is 101 cm³/mol. The van der Waals surface area contributed by atoms with Crippen molar-refractivity contribution in [1.82, 2.24) is 15.5 Å². The summed E-state index contributed by atoms with van der Waals surface area (Å²) in [5.74, 6) is 1.48. The highest BCUT2D eigenvalue weighted by molar-refractivity contribution is 5.79. The smallest absolute Gasteiger partial charge is 0.190 e. The fourth-order valence-corrected chi connectivity index (χ4v) is 2.90. The molecule has 0 radical (unpaired) electrons. The molecular weight excluding hydrogens is 304 g/mol. The van der Waals surface area contributed by atoms with Gasteiger partial charge in [-0.2, -0.15) is 0 Å². The minimum Gasteiger partial charge on any atom is -0.381 e. The Kier molecular flexibility index (Phi) is 11.0. The van der Waals surface area contributed by atoms with Gasteiger partial charge in [0, 0.05) is 53.0 Å². The highest BCUT2D eigenvalue weighted by Gasteiger charge is 2.21. The van der Waals surface area contributed by atoms with Crippen LogP contribution >= 0.6 is 0 Å². The third-order valence-electron chi connectivity index (χ3n) is 3.87. The number of nitrogens with zero attached hydrogens (tertiary/aromatic N) is 2. The topological polar surface area (TPSA) is 58.1 Å². The second-order valence-electron chi connectivity index (χ2n) is 7.12. The van der Waals surface area contributed by atoms with Gasteiger partial charge in [0.15, 0.2) is 5.96 Å². The van der Waals surface area contributed by atoms with Gasteiger partial charge >= 0.3 is 0 Å². The minimum atomic E-state index is 0.342. The Labute approximate surface area is 148 Å². The second kappa shape index (κ2) is 12.5. The molecule has 1 heterocycles. The van der Waals surface area contributed by atoms with Crippen molar-refractivity contribution in [2.75, 3.05) is 53.0 Å². The van der Waals surface area contributed by atoms with E-state index in [9.17, 15) is 0 Å². The van der Waals surface area contributed by atoms with Crippen LogP contribution in [0.1, 0.15) is 40.5 Å². The average Bonchev–Trinajstić information content (AvgIpc) is 2.51. The molecule has 2 unspecified atom stereocenters. The van der Waals surface area contributed by atoms with E-state index < -0.39 is 0 Å². The van der Waals surface area contributed by atoms with E-state index in [4.69, 9.17) is 9.47 Å². The van der Waals surface area contributed by atoms with Crippen molar-refractivity contribution in [2.45, 2.75) is 52.7 Å². The summed E-state index contributed by atoms with van der Waals surface area (Å²) >= 11 is 0. The molecule has 1 aliphatic rings. The quantitative estimate of drug-likeness (QED) is 0.360. The van der Waals surface area contributed by atoms with Crippen molar-refractivity contribution in [1.29, 1.82) is 0 Å². The SMILES string of the molecule is CN=C(NCCCOCC(C)C)NCCCN1CC(C)OC(C)C1. The molecule has 2 atom stereocenters. The van der Waals surface area contributed by atoms with Crippen LogP contribution in [0.2, 0.25) is 0 Å². The van der Waals surface area contributed by atoms with Crippen LogP contribution in [0.15, 0.2) is 4.99 Å². The molecule has 6 nitrogen and oxygen atoms in total. The molecule has 1 aliphatic heterocycles. The first-order chi connectivity index (χ1) is 11.5. The molecule has 0 aromatic carbocycles. The lowest BCUT2D eigenvalue weighted by Gasteiger charge is -2.35. The number of morpholine rings is 1. The molecule has 0 saturated carbocycles. The maximum atomic E-state index is 5.77. The molecule has 0 aromatic rings. The molecule has 24 heavy (non-hydrogen) atoms. The van der Waals surface area contributed by atoms with Crippen LogP contribution in [0.25, 0.3) is 0 Å². The fourth-order valence-electron chi connectivity index (χ4n) is 2.90. The molecule has 2 N–H and O–H groups in total. The van der Waals surface area contributed by atoms with E-state index in [1.165, 1.54) is 0 Å². The summed E-state index contributed by atoms with van der Waals surface area (Å²) in [6.45, 7) is 15.3. The van der Waals surface area contributed by atoms with E-state index in [-0.39, 0.29) is 0 Å². The minimum absolute atomic E-state index is 0.342. The van der Waals surface area contributed by atoms with Crippen LogP contribution in [0.4, 0.5) is 0 Å².